The van der Waals surface area contributed by atoms with E-state index in [2.05, 4.69) is 20.5 Å². The van der Waals surface area contributed by atoms with Gasteiger partial charge in [0.2, 0.25) is 11.8 Å². The van der Waals surface area contributed by atoms with Crippen LogP contribution in [0.2, 0.25) is 0 Å². The number of hydrogen-bond acceptors (Lipinski definition) is 6. The molecular formula is C10H15N5O2. The summed E-state index contributed by atoms with van der Waals surface area (Å²) in [6.45, 7) is 6.24. The quantitative estimate of drug-likeness (QED) is 0.836. The molecule has 0 aliphatic rings. The Labute approximate surface area is 98.5 Å². The van der Waals surface area contributed by atoms with Crippen LogP contribution in [0.4, 0.5) is 0 Å². The van der Waals surface area contributed by atoms with Crippen molar-refractivity contribution in [1.82, 2.24) is 25.2 Å². The van der Waals surface area contributed by atoms with Gasteiger partial charge in [-0.25, -0.2) is 4.68 Å². The van der Waals surface area contributed by atoms with Gasteiger partial charge in [-0.2, -0.15) is 0 Å². The molecule has 0 atom stereocenters. The predicted octanol–water partition coefficient (Wildman–Crippen LogP) is 0.499. The highest BCUT2D eigenvalue weighted by Crippen LogP contribution is 2.20. The summed E-state index contributed by atoms with van der Waals surface area (Å²) < 4.78 is 7.07. The highest BCUT2D eigenvalue weighted by Gasteiger charge is 2.21. The molecule has 2 rings (SSSR count). The van der Waals surface area contributed by atoms with Crippen molar-refractivity contribution in [3.63, 3.8) is 0 Å². The first kappa shape index (κ1) is 11.7. The third-order valence-corrected chi connectivity index (χ3v) is 2.15. The molecule has 0 spiro atoms. The first-order valence-corrected chi connectivity index (χ1v) is 5.32. The molecule has 0 fully saturated rings. The Bertz CT molecular complexity index is 497. The topological polar surface area (TPSA) is 89.9 Å². The van der Waals surface area contributed by atoms with Crippen molar-refractivity contribution in [3.8, 4) is 0 Å². The van der Waals surface area contributed by atoms with E-state index in [1.54, 1.807) is 10.9 Å². The Morgan fingerprint density at radius 1 is 1.29 bits per heavy atom. The van der Waals surface area contributed by atoms with E-state index in [1.807, 2.05) is 20.8 Å². The number of aromatic nitrogens is 5. The normalized spacial score (nSPS) is 12.0. The zero-order chi connectivity index (χ0) is 12.5. The lowest BCUT2D eigenvalue weighted by Gasteiger charge is -2.10. The van der Waals surface area contributed by atoms with E-state index in [0.29, 0.717) is 24.0 Å². The van der Waals surface area contributed by atoms with E-state index in [-0.39, 0.29) is 12.0 Å². The van der Waals surface area contributed by atoms with E-state index in [4.69, 9.17) is 9.52 Å². The average molecular weight is 237 g/mol. The van der Waals surface area contributed by atoms with Crippen molar-refractivity contribution in [2.45, 2.75) is 39.3 Å². The highest BCUT2D eigenvalue weighted by molar-refractivity contribution is 4.97. The minimum absolute atomic E-state index is 0.128. The van der Waals surface area contributed by atoms with Gasteiger partial charge in [0.25, 0.3) is 0 Å². The van der Waals surface area contributed by atoms with Crippen molar-refractivity contribution >= 4 is 0 Å². The Kier molecular flexibility index (Phi) is 2.93. The van der Waals surface area contributed by atoms with Gasteiger partial charge in [0.05, 0.1) is 12.8 Å². The van der Waals surface area contributed by atoms with Gasteiger partial charge >= 0.3 is 0 Å². The molecule has 0 bridgehead atoms. The maximum absolute atomic E-state index is 8.86. The molecule has 92 valence electrons. The summed E-state index contributed by atoms with van der Waals surface area (Å²) in [5.74, 6) is 1.07. The van der Waals surface area contributed by atoms with Crippen LogP contribution < -0.4 is 0 Å². The predicted molar refractivity (Wildman–Crippen MR) is 58.0 cm³/mol. The summed E-state index contributed by atoms with van der Waals surface area (Å²) in [6, 6.07) is 0. The fourth-order valence-corrected chi connectivity index (χ4v) is 1.25. The maximum Gasteiger partial charge on any atom is 0.238 e. The highest BCUT2D eigenvalue weighted by atomic mass is 16.4. The molecule has 0 unspecified atom stereocenters. The largest absolute Gasteiger partial charge is 0.423 e. The molecule has 0 aromatic carbocycles. The van der Waals surface area contributed by atoms with E-state index < -0.39 is 0 Å². The van der Waals surface area contributed by atoms with E-state index >= 15 is 0 Å². The van der Waals surface area contributed by atoms with Crippen molar-refractivity contribution in [3.05, 3.63) is 23.7 Å². The first-order chi connectivity index (χ1) is 7.99. The van der Waals surface area contributed by atoms with Gasteiger partial charge in [0.15, 0.2) is 0 Å². The standard InChI is InChI=1S/C10H15N5O2/c1-10(2,3)9-13-12-8(17-9)5-15-4-7(6-16)11-14-15/h4,16H,5-6H2,1-3H3. The van der Waals surface area contributed by atoms with Crippen LogP contribution >= 0.6 is 0 Å². The molecule has 0 aliphatic heterocycles. The lowest BCUT2D eigenvalue weighted by atomic mass is 9.97. The van der Waals surface area contributed by atoms with Crippen LogP contribution in [-0.4, -0.2) is 30.3 Å². The zero-order valence-electron chi connectivity index (χ0n) is 10.1. The van der Waals surface area contributed by atoms with Gasteiger partial charge in [-0.05, 0) is 0 Å². The number of aliphatic hydroxyl groups excluding tert-OH is 1. The molecule has 2 aromatic rings. The van der Waals surface area contributed by atoms with E-state index in [1.165, 1.54) is 0 Å². The minimum Gasteiger partial charge on any atom is -0.423 e. The molecule has 1 N–H and O–H groups in total. The summed E-state index contributed by atoms with van der Waals surface area (Å²) in [5, 5.41) is 24.4. The van der Waals surface area contributed by atoms with Gasteiger partial charge in [-0.3, -0.25) is 0 Å². The number of hydrogen-bond donors (Lipinski definition) is 1. The minimum atomic E-state index is -0.163. The maximum atomic E-state index is 8.86. The van der Waals surface area contributed by atoms with Gasteiger partial charge in [-0.15, -0.1) is 15.3 Å². The van der Waals surface area contributed by atoms with E-state index in [0.717, 1.165) is 0 Å². The molecule has 2 heterocycles. The summed E-state index contributed by atoms with van der Waals surface area (Å²) in [6.07, 6.45) is 1.64. The first-order valence-electron chi connectivity index (χ1n) is 5.32. The number of aliphatic hydroxyl groups is 1. The van der Waals surface area contributed by atoms with Crippen LogP contribution in [0.15, 0.2) is 10.6 Å². The van der Waals surface area contributed by atoms with Crippen molar-refractivity contribution in [2.75, 3.05) is 0 Å². The van der Waals surface area contributed by atoms with Crippen LogP contribution in [0.25, 0.3) is 0 Å². The van der Waals surface area contributed by atoms with Crippen LogP contribution in [0, 0.1) is 0 Å². The third-order valence-electron chi connectivity index (χ3n) is 2.15. The molecule has 0 amide bonds. The van der Waals surface area contributed by atoms with Gasteiger partial charge in [0, 0.05) is 5.41 Å². The zero-order valence-corrected chi connectivity index (χ0v) is 10.1. The fraction of sp³-hybridized carbons (Fsp3) is 0.600. The molecule has 0 aliphatic carbocycles. The lowest BCUT2D eigenvalue weighted by molar-refractivity contribution is 0.276. The second-order valence-corrected chi connectivity index (χ2v) is 4.82. The van der Waals surface area contributed by atoms with Gasteiger partial charge in [-0.1, -0.05) is 26.0 Å². The van der Waals surface area contributed by atoms with Gasteiger partial charge in [0.1, 0.15) is 12.2 Å². The SMILES string of the molecule is CC(C)(C)c1nnc(Cn2cc(CO)nn2)o1. The average Bonchev–Trinajstić information content (AvgIpc) is 2.86. The second-order valence-electron chi connectivity index (χ2n) is 4.82. The fourth-order valence-electron chi connectivity index (χ4n) is 1.25. The van der Waals surface area contributed by atoms with E-state index in [9.17, 15) is 0 Å². The molecule has 7 heteroatoms. The monoisotopic (exact) mass is 237 g/mol. The Balaban J connectivity index is 2.11. The van der Waals surface area contributed by atoms with Crippen LogP contribution in [0.1, 0.15) is 38.2 Å². The second kappa shape index (κ2) is 4.25. The molecular weight excluding hydrogens is 222 g/mol. The molecule has 0 saturated heterocycles. The lowest BCUT2D eigenvalue weighted by Crippen LogP contribution is -2.11. The van der Waals surface area contributed by atoms with Crippen molar-refractivity contribution in [1.29, 1.82) is 0 Å². The van der Waals surface area contributed by atoms with Crippen molar-refractivity contribution in [2.24, 2.45) is 0 Å². The summed E-state index contributed by atoms with van der Waals surface area (Å²) in [7, 11) is 0. The molecule has 7 nitrogen and oxygen atoms in total. The molecule has 17 heavy (non-hydrogen) atoms. The Morgan fingerprint density at radius 3 is 2.59 bits per heavy atom. The van der Waals surface area contributed by atoms with Gasteiger partial charge < -0.3 is 9.52 Å². The molecule has 0 saturated carbocycles. The molecule has 2 aromatic heterocycles. The summed E-state index contributed by atoms with van der Waals surface area (Å²) in [5.41, 5.74) is 0.352. The van der Waals surface area contributed by atoms with Crippen LogP contribution in [0.5, 0.6) is 0 Å². The number of rotatable bonds is 3. The summed E-state index contributed by atoms with van der Waals surface area (Å²) in [4.78, 5) is 0. The summed E-state index contributed by atoms with van der Waals surface area (Å²) >= 11 is 0. The third kappa shape index (κ3) is 2.68. The van der Waals surface area contributed by atoms with Crippen molar-refractivity contribution < 1.29 is 9.52 Å². The number of nitrogens with zero attached hydrogens (tertiary/aromatic N) is 5. The van der Waals surface area contributed by atoms with Crippen LogP contribution in [-0.2, 0) is 18.6 Å². The molecule has 0 radical (unpaired) electrons. The smallest absolute Gasteiger partial charge is 0.238 e. The van der Waals surface area contributed by atoms with Crippen LogP contribution in [0.3, 0.4) is 0 Å². The Morgan fingerprint density at radius 2 is 2.06 bits per heavy atom. The Hall–Kier alpha value is -1.76.